The van der Waals surface area contributed by atoms with Gasteiger partial charge >= 0.3 is 0 Å². The van der Waals surface area contributed by atoms with Gasteiger partial charge in [0.05, 0.1) is 13.7 Å². The van der Waals surface area contributed by atoms with Crippen LogP contribution in [-0.4, -0.2) is 31.7 Å². The van der Waals surface area contributed by atoms with Crippen molar-refractivity contribution >= 4 is 0 Å². The van der Waals surface area contributed by atoms with Crippen LogP contribution in [0.4, 0.5) is 0 Å². The molecule has 1 unspecified atom stereocenters. The van der Waals surface area contributed by atoms with E-state index in [1.807, 2.05) is 36.0 Å². The van der Waals surface area contributed by atoms with Gasteiger partial charge in [0.2, 0.25) is 0 Å². The van der Waals surface area contributed by atoms with Gasteiger partial charge in [0.15, 0.2) is 0 Å². The molecule has 0 bridgehead atoms. The Hall–Kier alpha value is -2.63. The van der Waals surface area contributed by atoms with E-state index in [9.17, 15) is 0 Å². The second-order valence-electron chi connectivity index (χ2n) is 6.22. The zero-order valence-electron chi connectivity index (χ0n) is 14.0. The SMILES string of the molecule is COc1ccccc1Cn1nc(C)nc1C1CCn2nccc2C1. The molecule has 0 fully saturated rings. The summed E-state index contributed by atoms with van der Waals surface area (Å²) in [4.78, 5) is 4.72. The summed E-state index contributed by atoms with van der Waals surface area (Å²) in [6.45, 7) is 3.57. The van der Waals surface area contributed by atoms with Crippen molar-refractivity contribution in [2.45, 2.75) is 38.8 Å². The van der Waals surface area contributed by atoms with E-state index in [4.69, 9.17) is 9.72 Å². The van der Waals surface area contributed by atoms with Gasteiger partial charge < -0.3 is 4.74 Å². The smallest absolute Gasteiger partial charge is 0.147 e. The fourth-order valence-electron chi connectivity index (χ4n) is 3.47. The number of methoxy groups -OCH3 is 1. The lowest BCUT2D eigenvalue weighted by atomic mass is 9.95. The molecule has 4 rings (SSSR count). The topological polar surface area (TPSA) is 57.8 Å². The number of aryl methyl sites for hydroxylation is 2. The van der Waals surface area contributed by atoms with Crippen LogP contribution in [0.1, 0.15) is 35.2 Å². The molecule has 1 atom stereocenters. The number of para-hydroxylation sites is 1. The lowest BCUT2D eigenvalue weighted by molar-refractivity contribution is 0.400. The molecule has 0 amide bonds. The monoisotopic (exact) mass is 323 g/mol. The molecular formula is C18H21N5O. The number of ether oxygens (including phenoxy) is 1. The molecule has 0 saturated heterocycles. The lowest BCUT2D eigenvalue weighted by Gasteiger charge is -2.23. The van der Waals surface area contributed by atoms with E-state index >= 15 is 0 Å². The summed E-state index contributed by atoms with van der Waals surface area (Å²) in [7, 11) is 1.70. The van der Waals surface area contributed by atoms with E-state index in [0.29, 0.717) is 12.5 Å². The minimum absolute atomic E-state index is 0.380. The average Bonchev–Trinajstić information content (AvgIpc) is 3.21. The largest absolute Gasteiger partial charge is 0.496 e. The second-order valence-corrected chi connectivity index (χ2v) is 6.22. The molecule has 6 heteroatoms. The van der Waals surface area contributed by atoms with Crippen LogP contribution in [0.5, 0.6) is 5.75 Å². The summed E-state index contributed by atoms with van der Waals surface area (Å²) in [5.74, 6) is 3.15. The second kappa shape index (κ2) is 6.11. The van der Waals surface area contributed by atoms with Crippen LogP contribution in [-0.2, 0) is 19.5 Å². The summed E-state index contributed by atoms with van der Waals surface area (Å²) in [5, 5.41) is 8.99. The Morgan fingerprint density at radius 3 is 3.00 bits per heavy atom. The Bertz CT molecular complexity index is 851. The number of rotatable bonds is 4. The van der Waals surface area contributed by atoms with E-state index < -0.39 is 0 Å². The quantitative estimate of drug-likeness (QED) is 0.740. The Morgan fingerprint density at radius 1 is 1.25 bits per heavy atom. The molecule has 0 saturated carbocycles. The van der Waals surface area contributed by atoms with Crippen LogP contribution in [0.2, 0.25) is 0 Å². The van der Waals surface area contributed by atoms with Gasteiger partial charge in [0.25, 0.3) is 0 Å². The first-order valence-electron chi connectivity index (χ1n) is 8.28. The third-order valence-corrected chi connectivity index (χ3v) is 4.63. The maximum atomic E-state index is 5.47. The predicted octanol–water partition coefficient (Wildman–Crippen LogP) is 2.57. The number of fused-ring (bicyclic) bond motifs is 1. The Balaban J connectivity index is 1.64. The van der Waals surface area contributed by atoms with E-state index in [1.165, 1.54) is 5.69 Å². The molecule has 0 spiro atoms. The number of hydrogen-bond acceptors (Lipinski definition) is 4. The van der Waals surface area contributed by atoms with Gasteiger partial charge in [-0.25, -0.2) is 9.67 Å². The van der Waals surface area contributed by atoms with Crippen molar-refractivity contribution in [3.63, 3.8) is 0 Å². The Morgan fingerprint density at radius 2 is 2.12 bits per heavy atom. The van der Waals surface area contributed by atoms with Gasteiger partial charge in [0, 0.05) is 29.9 Å². The zero-order valence-corrected chi connectivity index (χ0v) is 14.0. The van der Waals surface area contributed by atoms with Crippen molar-refractivity contribution in [3.8, 4) is 5.75 Å². The first-order valence-corrected chi connectivity index (χ1v) is 8.28. The predicted molar refractivity (Wildman–Crippen MR) is 90.1 cm³/mol. The van der Waals surface area contributed by atoms with Gasteiger partial charge in [0.1, 0.15) is 17.4 Å². The molecule has 2 aromatic heterocycles. The van der Waals surface area contributed by atoms with Crippen LogP contribution in [0.25, 0.3) is 0 Å². The van der Waals surface area contributed by atoms with Crippen molar-refractivity contribution in [1.82, 2.24) is 24.5 Å². The summed E-state index contributed by atoms with van der Waals surface area (Å²) in [6, 6.07) is 10.2. The number of nitrogens with zero attached hydrogens (tertiary/aromatic N) is 5. The van der Waals surface area contributed by atoms with Crippen molar-refractivity contribution in [2.24, 2.45) is 0 Å². The minimum atomic E-state index is 0.380. The molecule has 0 N–H and O–H groups in total. The van der Waals surface area contributed by atoms with Crippen LogP contribution < -0.4 is 4.74 Å². The van der Waals surface area contributed by atoms with Crippen LogP contribution >= 0.6 is 0 Å². The van der Waals surface area contributed by atoms with E-state index in [2.05, 4.69) is 27.0 Å². The highest BCUT2D eigenvalue weighted by atomic mass is 16.5. The number of benzene rings is 1. The van der Waals surface area contributed by atoms with E-state index in [1.54, 1.807) is 7.11 Å². The maximum Gasteiger partial charge on any atom is 0.147 e. The molecular weight excluding hydrogens is 302 g/mol. The highest BCUT2D eigenvalue weighted by Gasteiger charge is 2.25. The van der Waals surface area contributed by atoms with Crippen LogP contribution in [0.15, 0.2) is 36.5 Å². The highest BCUT2D eigenvalue weighted by molar-refractivity contribution is 5.33. The molecule has 3 aromatic rings. The van der Waals surface area contributed by atoms with Gasteiger partial charge in [-0.1, -0.05) is 18.2 Å². The third kappa shape index (κ3) is 2.68. The van der Waals surface area contributed by atoms with Crippen molar-refractivity contribution < 1.29 is 4.74 Å². The van der Waals surface area contributed by atoms with Gasteiger partial charge in [-0.2, -0.15) is 10.2 Å². The standard InChI is InChI=1S/C18H21N5O/c1-13-20-18(14-8-10-22-16(11-14)7-9-19-22)23(21-13)12-15-5-3-4-6-17(15)24-2/h3-7,9,14H,8,10-12H2,1-2H3. The Labute approximate surface area is 141 Å². The molecule has 0 radical (unpaired) electrons. The van der Waals surface area contributed by atoms with Gasteiger partial charge in [-0.3, -0.25) is 4.68 Å². The van der Waals surface area contributed by atoms with Crippen molar-refractivity contribution in [3.05, 3.63) is 59.4 Å². The maximum absolute atomic E-state index is 5.47. The van der Waals surface area contributed by atoms with E-state index in [0.717, 1.165) is 42.3 Å². The van der Waals surface area contributed by atoms with Crippen molar-refractivity contribution in [1.29, 1.82) is 0 Å². The molecule has 3 heterocycles. The fourth-order valence-corrected chi connectivity index (χ4v) is 3.47. The minimum Gasteiger partial charge on any atom is -0.496 e. The first-order chi connectivity index (χ1) is 11.7. The average molecular weight is 323 g/mol. The van der Waals surface area contributed by atoms with Gasteiger partial charge in [-0.05, 0) is 31.9 Å². The van der Waals surface area contributed by atoms with Crippen LogP contribution in [0, 0.1) is 6.92 Å². The summed E-state index contributed by atoms with van der Waals surface area (Å²) >= 11 is 0. The van der Waals surface area contributed by atoms with Crippen molar-refractivity contribution in [2.75, 3.05) is 7.11 Å². The molecule has 6 nitrogen and oxygen atoms in total. The molecule has 0 aliphatic carbocycles. The summed E-state index contributed by atoms with van der Waals surface area (Å²) in [6.07, 6.45) is 3.88. The van der Waals surface area contributed by atoms with Crippen LogP contribution in [0.3, 0.4) is 0 Å². The zero-order chi connectivity index (χ0) is 16.5. The molecule has 124 valence electrons. The third-order valence-electron chi connectivity index (χ3n) is 4.63. The Kier molecular flexibility index (Phi) is 3.80. The normalized spacial score (nSPS) is 16.8. The fraction of sp³-hybridized carbons (Fsp3) is 0.389. The highest BCUT2D eigenvalue weighted by Crippen LogP contribution is 2.29. The lowest BCUT2D eigenvalue weighted by Crippen LogP contribution is -2.22. The molecule has 1 aliphatic heterocycles. The molecule has 24 heavy (non-hydrogen) atoms. The molecule has 1 aliphatic rings. The summed E-state index contributed by atoms with van der Waals surface area (Å²) < 4.78 is 9.59. The summed E-state index contributed by atoms with van der Waals surface area (Å²) in [5.41, 5.74) is 2.39. The number of aromatic nitrogens is 5. The number of hydrogen-bond donors (Lipinski definition) is 0. The van der Waals surface area contributed by atoms with Gasteiger partial charge in [-0.15, -0.1) is 0 Å². The molecule has 1 aromatic carbocycles. The first kappa shape index (κ1) is 14.9. The van der Waals surface area contributed by atoms with E-state index in [-0.39, 0.29) is 0 Å².